The van der Waals surface area contributed by atoms with Gasteiger partial charge < -0.3 is 11.1 Å². The van der Waals surface area contributed by atoms with Gasteiger partial charge in [0.15, 0.2) is 0 Å². The summed E-state index contributed by atoms with van der Waals surface area (Å²) in [4.78, 5) is 11.7. The number of carbonyl (C=O) groups excluding carboxylic acids is 1. The fourth-order valence-corrected chi connectivity index (χ4v) is 1.57. The second kappa shape index (κ2) is 5.66. The van der Waals surface area contributed by atoms with E-state index in [2.05, 4.69) is 19.2 Å². The van der Waals surface area contributed by atoms with Crippen LogP contribution in [0.25, 0.3) is 0 Å². The van der Waals surface area contributed by atoms with Crippen LogP contribution in [0.2, 0.25) is 0 Å². The molecule has 88 valence electrons. The van der Waals surface area contributed by atoms with E-state index in [0.29, 0.717) is 12.3 Å². The lowest BCUT2D eigenvalue weighted by atomic mass is 10.0. The van der Waals surface area contributed by atoms with Crippen LogP contribution in [0.5, 0.6) is 0 Å². The Balaban J connectivity index is 2.57. The molecule has 1 amide bonds. The van der Waals surface area contributed by atoms with Crippen LogP contribution in [-0.4, -0.2) is 11.9 Å². The van der Waals surface area contributed by atoms with Crippen molar-refractivity contribution in [3.05, 3.63) is 29.8 Å². The molecule has 1 aromatic rings. The van der Waals surface area contributed by atoms with E-state index in [-0.39, 0.29) is 5.91 Å². The number of amides is 1. The highest BCUT2D eigenvalue weighted by Gasteiger charge is 2.14. The number of hydrogen-bond donors (Lipinski definition) is 2. The Morgan fingerprint density at radius 1 is 1.44 bits per heavy atom. The van der Waals surface area contributed by atoms with Gasteiger partial charge in [-0.2, -0.15) is 0 Å². The quantitative estimate of drug-likeness (QED) is 0.818. The van der Waals surface area contributed by atoms with Gasteiger partial charge in [0.25, 0.3) is 0 Å². The van der Waals surface area contributed by atoms with Crippen molar-refractivity contribution in [1.29, 1.82) is 0 Å². The smallest absolute Gasteiger partial charge is 0.241 e. The molecule has 0 unspecified atom stereocenters. The van der Waals surface area contributed by atoms with Gasteiger partial charge in [-0.1, -0.05) is 26.0 Å². The Morgan fingerprint density at radius 2 is 2.12 bits per heavy atom. The fourth-order valence-electron chi connectivity index (χ4n) is 1.57. The molecule has 3 heteroatoms. The highest BCUT2D eigenvalue weighted by Crippen LogP contribution is 2.11. The van der Waals surface area contributed by atoms with Crippen LogP contribution in [0.4, 0.5) is 5.69 Å². The van der Waals surface area contributed by atoms with E-state index in [1.54, 1.807) is 0 Å². The minimum Gasteiger partial charge on any atom is -0.325 e. The first-order valence-corrected chi connectivity index (χ1v) is 5.62. The maximum atomic E-state index is 11.7. The van der Waals surface area contributed by atoms with Crippen molar-refractivity contribution in [3.8, 4) is 0 Å². The number of nitrogens with two attached hydrogens (primary N) is 1. The molecular formula is C13H20N2O. The van der Waals surface area contributed by atoms with Gasteiger partial charge in [0.1, 0.15) is 0 Å². The number of anilines is 1. The molecule has 0 saturated carbocycles. The van der Waals surface area contributed by atoms with Gasteiger partial charge in [-0.05, 0) is 37.0 Å². The molecule has 0 aliphatic heterocycles. The van der Waals surface area contributed by atoms with Crippen molar-refractivity contribution in [3.63, 3.8) is 0 Å². The summed E-state index contributed by atoms with van der Waals surface area (Å²) in [6, 6.07) is 7.27. The van der Waals surface area contributed by atoms with Crippen LogP contribution >= 0.6 is 0 Å². The van der Waals surface area contributed by atoms with Gasteiger partial charge in [0.05, 0.1) is 6.04 Å². The third kappa shape index (κ3) is 4.03. The zero-order valence-electron chi connectivity index (χ0n) is 10.2. The normalized spacial score (nSPS) is 12.6. The molecule has 0 aromatic heterocycles. The Kier molecular flexibility index (Phi) is 4.50. The van der Waals surface area contributed by atoms with Crippen molar-refractivity contribution in [2.45, 2.75) is 33.2 Å². The second-order valence-electron chi connectivity index (χ2n) is 4.59. The van der Waals surface area contributed by atoms with Crippen molar-refractivity contribution in [1.82, 2.24) is 0 Å². The maximum absolute atomic E-state index is 11.7. The molecule has 0 saturated heterocycles. The monoisotopic (exact) mass is 220 g/mol. The van der Waals surface area contributed by atoms with Crippen LogP contribution in [-0.2, 0) is 4.79 Å². The molecule has 3 nitrogen and oxygen atoms in total. The van der Waals surface area contributed by atoms with Crippen LogP contribution in [0.15, 0.2) is 24.3 Å². The van der Waals surface area contributed by atoms with E-state index in [9.17, 15) is 4.79 Å². The largest absolute Gasteiger partial charge is 0.325 e. The lowest BCUT2D eigenvalue weighted by molar-refractivity contribution is -0.117. The number of benzene rings is 1. The molecule has 0 radical (unpaired) electrons. The lowest BCUT2D eigenvalue weighted by Gasteiger charge is -2.14. The molecule has 0 spiro atoms. The number of rotatable bonds is 4. The first kappa shape index (κ1) is 12.7. The zero-order chi connectivity index (χ0) is 12.1. The van der Waals surface area contributed by atoms with E-state index in [1.165, 1.54) is 0 Å². The van der Waals surface area contributed by atoms with Crippen molar-refractivity contribution >= 4 is 11.6 Å². The van der Waals surface area contributed by atoms with Crippen LogP contribution in [0.3, 0.4) is 0 Å². The number of aryl methyl sites for hydroxylation is 1. The summed E-state index contributed by atoms with van der Waals surface area (Å²) >= 11 is 0. The minimum absolute atomic E-state index is 0.112. The predicted molar refractivity (Wildman–Crippen MR) is 67.2 cm³/mol. The Labute approximate surface area is 97.0 Å². The zero-order valence-corrected chi connectivity index (χ0v) is 10.2. The average molecular weight is 220 g/mol. The van der Waals surface area contributed by atoms with E-state index >= 15 is 0 Å². The maximum Gasteiger partial charge on any atom is 0.241 e. The molecule has 1 atom stereocenters. The van der Waals surface area contributed by atoms with E-state index in [4.69, 9.17) is 5.73 Å². The summed E-state index contributed by atoms with van der Waals surface area (Å²) in [5, 5.41) is 2.82. The molecule has 0 heterocycles. The second-order valence-corrected chi connectivity index (χ2v) is 4.59. The minimum atomic E-state index is -0.430. The summed E-state index contributed by atoms with van der Waals surface area (Å²) in [5.41, 5.74) is 7.72. The lowest BCUT2D eigenvalue weighted by Crippen LogP contribution is -2.36. The Morgan fingerprint density at radius 3 is 2.69 bits per heavy atom. The molecular weight excluding hydrogens is 200 g/mol. The molecule has 3 N–H and O–H groups in total. The van der Waals surface area contributed by atoms with Crippen LogP contribution < -0.4 is 11.1 Å². The molecule has 1 rings (SSSR count). The van der Waals surface area contributed by atoms with Crippen molar-refractivity contribution in [2.24, 2.45) is 11.7 Å². The van der Waals surface area contributed by atoms with Gasteiger partial charge in [-0.25, -0.2) is 0 Å². The van der Waals surface area contributed by atoms with Crippen molar-refractivity contribution in [2.75, 3.05) is 5.32 Å². The van der Waals surface area contributed by atoms with Gasteiger partial charge in [-0.15, -0.1) is 0 Å². The number of nitrogens with one attached hydrogen (secondary N) is 1. The van der Waals surface area contributed by atoms with Crippen molar-refractivity contribution < 1.29 is 4.79 Å². The van der Waals surface area contributed by atoms with Crippen LogP contribution in [0.1, 0.15) is 25.8 Å². The topological polar surface area (TPSA) is 55.1 Å². The van der Waals surface area contributed by atoms with Gasteiger partial charge in [-0.3, -0.25) is 4.79 Å². The first-order chi connectivity index (χ1) is 7.49. The van der Waals surface area contributed by atoms with E-state index in [0.717, 1.165) is 11.3 Å². The summed E-state index contributed by atoms with van der Waals surface area (Å²) in [7, 11) is 0. The molecule has 1 aromatic carbocycles. The molecule has 0 bridgehead atoms. The standard InChI is InChI=1S/C13H20N2O/c1-9(2)7-12(14)13(16)15-11-6-4-5-10(3)8-11/h4-6,8-9,12H,7,14H2,1-3H3,(H,15,16)/t12-/m0/s1. The summed E-state index contributed by atoms with van der Waals surface area (Å²) in [5.74, 6) is 0.317. The van der Waals surface area contributed by atoms with Gasteiger partial charge in [0, 0.05) is 5.69 Å². The molecule has 0 aliphatic rings. The van der Waals surface area contributed by atoms with E-state index < -0.39 is 6.04 Å². The SMILES string of the molecule is Cc1cccc(NC(=O)[C@@H](N)CC(C)C)c1. The number of hydrogen-bond acceptors (Lipinski definition) is 2. The predicted octanol–water partition coefficient (Wildman–Crippen LogP) is 2.31. The van der Waals surface area contributed by atoms with Gasteiger partial charge >= 0.3 is 0 Å². The summed E-state index contributed by atoms with van der Waals surface area (Å²) < 4.78 is 0. The van der Waals surface area contributed by atoms with E-state index in [1.807, 2.05) is 31.2 Å². The summed E-state index contributed by atoms with van der Waals surface area (Å²) in [6.07, 6.45) is 0.706. The highest BCUT2D eigenvalue weighted by molar-refractivity contribution is 5.94. The number of carbonyl (C=O) groups is 1. The van der Waals surface area contributed by atoms with Gasteiger partial charge in [0.2, 0.25) is 5.91 Å². The third-order valence-corrected chi connectivity index (χ3v) is 2.35. The Bertz CT molecular complexity index is 361. The molecule has 16 heavy (non-hydrogen) atoms. The Hall–Kier alpha value is -1.35. The van der Waals surface area contributed by atoms with Crippen LogP contribution in [0, 0.1) is 12.8 Å². The third-order valence-electron chi connectivity index (χ3n) is 2.35. The first-order valence-electron chi connectivity index (χ1n) is 5.62. The average Bonchev–Trinajstić information content (AvgIpc) is 2.16. The fraction of sp³-hybridized carbons (Fsp3) is 0.462. The molecule has 0 fully saturated rings. The summed E-state index contributed by atoms with van der Waals surface area (Å²) in [6.45, 7) is 6.10. The highest BCUT2D eigenvalue weighted by atomic mass is 16.2. The molecule has 0 aliphatic carbocycles.